The van der Waals surface area contributed by atoms with Crippen molar-refractivity contribution in [1.29, 1.82) is 0 Å². The van der Waals surface area contributed by atoms with Gasteiger partial charge in [0.25, 0.3) is 5.91 Å². The van der Waals surface area contributed by atoms with Crippen molar-refractivity contribution in [2.45, 2.75) is 19.8 Å². The van der Waals surface area contributed by atoms with Crippen molar-refractivity contribution in [3.05, 3.63) is 101 Å². The summed E-state index contributed by atoms with van der Waals surface area (Å²) >= 11 is 0. The molecular weight excluding hydrogens is 358 g/mol. The minimum Gasteiger partial charge on any atom is -0.497 e. The number of hydrogen-bond donors (Lipinski definition) is 1. The number of benzene rings is 3. The lowest BCUT2D eigenvalue weighted by Crippen LogP contribution is -2.25. The zero-order valence-corrected chi connectivity index (χ0v) is 17.0. The van der Waals surface area contributed by atoms with E-state index in [9.17, 15) is 4.79 Å². The summed E-state index contributed by atoms with van der Waals surface area (Å²) in [6.07, 6.45) is 3.77. The molecule has 0 unspecified atom stereocenters. The molecule has 1 amide bonds. The Morgan fingerprint density at radius 2 is 1.62 bits per heavy atom. The quantitative estimate of drug-likeness (QED) is 0.325. The normalized spacial score (nSPS) is 11.2. The third-order valence-corrected chi connectivity index (χ3v) is 4.80. The molecule has 0 saturated carbocycles. The van der Waals surface area contributed by atoms with Crippen molar-refractivity contribution in [3.8, 4) is 5.75 Å². The van der Waals surface area contributed by atoms with Crippen molar-refractivity contribution in [1.82, 2.24) is 5.32 Å². The highest BCUT2D eigenvalue weighted by Crippen LogP contribution is 2.20. The first-order valence-corrected chi connectivity index (χ1v) is 9.90. The number of ether oxygens (including phenoxy) is 1. The molecule has 0 aliphatic rings. The van der Waals surface area contributed by atoms with Crippen LogP contribution in [0, 0.1) is 6.92 Å². The Balaban J connectivity index is 1.67. The number of carbonyl (C=O) groups excluding carboxylic acids is 1. The highest BCUT2D eigenvalue weighted by atomic mass is 16.5. The molecule has 0 heterocycles. The van der Waals surface area contributed by atoms with Gasteiger partial charge in [0.15, 0.2) is 0 Å². The minimum atomic E-state index is -0.0593. The molecule has 3 rings (SSSR count). The molecule has 3 heteroatoms. The molecule has 1 N–H and O–H groups in total. The van der Waals surface area contributed by atoms with Crippen molar-refractivity contribution >= 4 is 17.6 Å². The maximum absolute atomic E-state index is 12.9. The predicted octanol–water partition coefficient (Wildman–Crippen LogP) is 5.29. The van der Waals surface area contributed by atoms with Crippen molar-refractivity contribution < 1.29 is 9.53 Å². The van der Waals surface area contributed by atoms with Gasteiger partial charge in [0.05, 0.1) is 7.11 Å². The van der Waals surface area contributed by atoms with E-state index in [2.05, 4.69) is 36.5 Å². The first-order valence-electron chi connectivity index (χ1n) is 9.90. The maximum Gasteiger partial charge on any atom is 0.251 e. The molecule has 3 nitrogen and oxygen atoms in total. The zero-order valence-electron chi connectivity index (χ0n) is 17.0. The molecule has 3 aromatic rings. The number of methoxy groups -OCH3 is 1. The second kappa shape index (κ2) is 10.3. The molecule has 0 fully saturated rings. The van der Waals surface area contributed by atoms with E-state index in [0.717, 1.165) is 29.7 Å². The van der Waals surface area contributed by atoms with Gasteiger partial charge in [-0.25, -0.2) is 0 Å². The monoisotopic (exact) mass is 385 g/mol. The van der Waals surface area contributed by atoms with Gasteiger partial charge in [-0.2, -0.15) is 0 Å². The van der Waals surface area contributed by atoms with Gasteiger partial charge in [-0.3, -0.25) is 4.79 Å². The SMILES string of the molecule is COc1ccc(/C=C(/C(=O)NCCCc2ccc(C)cc2)c2ccccc2)cc1. The van der Waals surface area contributed by atoms with Crippen LogP contribution in [0.3, 0.4) is 0 Å². The molecule has 0 bridgehead atoms. The lowest BCUT2D eigenvalue weighted by atomic mass is 10.0. The van der Waals surface area contributed by atoms with Gasteiger partial charge in [-0.15, -0.1) is 0 Å². The second-order valence-electron chi connectivity index (χ2n) is 7.04. The summed E-state index contributed by atoms with van der Waals surface area (Å²) in [6.45, 7) is 2.73. The van der Waals surface area contributed by atoms with Gasteiger partial charge in [-0.1, -0.05) is 72.3 Å². The van der Waals surface area contributed by atoms with Crippen LogP contribution < -0.4 is 10.1 Å². The number of carbonyl (C=O) groups is 1. The van der Waals surface area contributed by atoms with E-state index in [-0.39, 0.29) is 5.91 Å². The molecule has 0 aromatic heterocycles. The summed E-state index contributed by atoms with van der Waals surface area (Å²) in [7, 11) is 1.64. The lowest BCUT2D eigenvalue weighted by molar-refractivity contribution is -0.115. The fourth-order valence-electron chi connectivity index (χ4n) is 3.11. The van der Waals surface area contributed by atoms with Gasteiger partial charge in [0.2, 0.25) is 0 Å². The van der Waals surface area contributed by atoms with E-state index < -0.39 is 0 Å². The van der Waals surface area contributed by atoms with E-state index >= 15 is 0 Å². The van der Waals surface area contributed by atoms with Crippen LogP contribution in [0.15, 0.2) is 78.9 Å². The molecule has 0 aliphatic heterocycles. The molecule has 148 valence electrons. The van der Waals surface area contributed by atoms with E-state index in [1.54, 1.807) is 7.11 Å². The average molecular weight is 386 g/mol. The summed E-state index contributed by atoms with van der Waals surface area (Å²) in [5.74, 6) is 0.736. The Kier molecular flexibility index (Phi) is 7.23. The Morgan fingerprint density at radius 1 is 0.931 bits per heavy atom. The first-order chi connectivity index (χ1) is 14.2. The molecular formula is C26H27NO2. The van der Waals surface area contributed by atoms with Crippen LogP contribution in [0.5, 0.6) is 5.75 Å². The number of aryl methyl sites for hydroxylation is 2. The van der Waals surface area contributed by atoms with Crippen molar-refractivity contribution in [3.63, 3.8) is 0 Å². The molecule has 3 aromatic carbocycles. The number of hydrogen-bond acceptors (Lipinski definition) is 2. The summed E-state index contributed by atoms with van der Waals surface area (Å²) in [5, 5.41) is 3.07. The highest BCUT2D eigenvalue weighted by Gasteiger charge is 2.11. The molecule has 0 spiro atoms. The van der Waals surface area contributed by atoms with Crippen LogP contribution in [-0.2, 0) is 11.2 Å². The maximum atomic E-state index is 12.9. The van der Waals surface area contributed by atoms with Crippen LogP contribution in [0.25, 0.3) is 11.6 Å². The van der Waals surface area contributed by atoms with Crippen molar-refractivity contribution in [2.75, 3.05) is 13.7 Å². The van der Waals surface area contributed by atoms with Crippen LogP contribution in [0.2, 0.25) is 0 Å². The fraction of sp³-hybridized carbons (Fsp3) is 0.192. The van der Waals surface area contributed by atoms with Gasteiger partial charge in [-0.05, 0) is 54.7 Å². The van der Waals surface area contributed by atoms with Crippen LogP contribution in [-0.4, -0.2) is 19.6 Å². The van der Waals surface area contributed by atoms with Gasteiger partial charge < -0.3 is 10.1 Å². The van der Waals surface area contributed by atoms with Crippen molar-refractivity contribution in [2.24, 2.45) is 0 Å². The Labute approximate surface area is 173 Å². The smallest absolute Gasteiger partial charge is 0.251 e. The number of nitrogens with one attached hydrogen (secondary N) is 1. The van der Waals surface area contributed by atoms with Gasteiger partial charge >= 0.3 is 0 Å². The van der Waals surface area contributed by atoms with Crippen LogP contribution in [0.4, 0.5) is 0 Å². The Bertz CT molecular complexity index is 942. The number of rotatable bonds is 8. The third-order valence-electron chi connectivity index (χ3n) is 4.80. The van der Waals surface area contributed by atoms with E-state index in [0.29, 0.717) is 12.1 Å². The van der Waals surface area contributed by atoms with E-state index in [4.69, 9.17) is 4.74 Å². The Hall–Kier alpha value is -3.33. The number of amides is 1. The van der Waals surface area contributed by atoms with Gasteiger partial charge in [0.1, 0.15) is 5.75 Å². The van der Waals surface area contributed by atoms with Crippen LogP contribution in [0.1, 0.15) is 28.7 Å². The van der Waals surface area contributed by atoms with E-state index in [1.807, 2.05) is 60.7 Å². The van der Waals surface area contributed by atoms with E-state index in [1.165, 1.54) is 11.1 Å². The standard InChI is InChI=1S/C26H27NO2/c1-20-10-12-21(13-11-20)7-6-18-27-26(28)25(23-8-4-3-5-9-23)19-22-14-16-24(29-2)17-15-22/h3-5,8-17,19H,6-7,18H2,1-2H3,(H,27,28)/b25-19+. The molecule has 0 atom stereocenters. The minimum absolute atomic E-state index is 0.0593. The fourth-order valence-corrected chi connectivity index (χ4v) is 3.11. The highest BCUT2D eigenvalue weighted by molar-refractivity contribution is 6.24. The zero-order chi connectivity index (χ0) is 20.5. The molecule has 0 aliphatic carbocycles. The average Bonchev–Trinajstić information content (AvgIpc) is 2.77. The molecule has 0 radical (unpaired) electrons. The summed E-state index contributed by atoms with van der Waals surface area (Å²) in [4.78, 5) is 12.9. The predicted molar refractivity (Wildman–Crippen MR) is 120 cm³/mol. The Morgan fingerprint density at radius 3 is 2.28 bits per heavy atom. The largest absolute Gasteiger partial charge is 0.497 e. The summed E-state index contributed by atoms with van der Waals surface area (Å²) in [5.41, 5.74) is 5.07. The first kappa shape index (κ1) is 20.4. The van der Waals surface area contributed by atoms with Crippen LogP contribution >= 0.6 is 0 Å². The molecule has 0 saturated heterocycles. The lowest BCUT2D eigenvalue weighted by Gasteiger charge is -2.10. The topological polar surface area (TPSA) is 38.3 Å². The third kappa shape index (κ3) is 6.08. The summed E-state index contributed by atoms with van der Waals surface area (Å²) in [6, 6.07) is 26.0. The van der Waals surface area contributed by atoms with Gasteiger partial charge in [0, 0.05) is 12.1 Å². The molecule has 29 heavy (non-hydrogen) atoms. The summed E-state index contributed by atoms with van der Waals surface area (Å²) < 4.78 is 5.21. The second-order valence-corrected chi connectivity index (χ2v) is 7.04.